The van der Waals surface area contributed by atoms with Crippen molar-refractivity contribution in [1.82, 2.24) is 10.6 Å². The van der Waals surface area contributed by atoms with Crippen LogP contribution in [0.1, 0.15) is 5.56 Å². The van der Waals surface area contributed by atoms with Gasteiger partial charge in [0.05, 0.1) is 27.9 Å². The summed E-state index contributed by atoms with van der Waals surface area (Å²) in [5.41, 5.74) is 0.561. The highest BCUT2D eigenvalue weighted by Gasteiger charge is 2.11. The first-order chi connectivity index (χ1) is 12.4. The fourth-order valence-corrected chi connectivity index (χ4v) is 1.84. The molecule has 2 amide bonds. The molecule has 0 aliphatic rings. The molecule has 0 bridgehead atoms. The highest BCUT2D eigenvalue weighted by molar-refractivity contribution is 5.90. The van der Waals surface area contributed by atoms with Crippen LogP contribution in [0.25, 0.3) is 6.08 Å². The third kappa shape index (κ3) is 6.34. The number of nitrogens with one attached hydrogen (secondary N) is 2. The summed E-state index contributed by atoms with van der Waals surface area (Å²) in [5, 5.41) is 4.65. The summed E-state index contributed by atoms with van der Waals surface area (Å²) in [5.74, 6) is -0.247. The molecule has 0 aliphatic carbocycles. The van der Waals surface area contributed by atoms with Crippen molar-refractivity contribution in [3.63, 3.8) is 0 Å². The third-order valence-electron chi connectivity index (χ3n) is 3.21. The second-order valence-electron chi connectivity index (χ2n) is 4.84. The summed E-state index contributed by atoms with van der Waals surface area (Å²) in [6.45, 7) is -0.686. The van der Waals surface area contributed by atoms with Gasteiger partial charge >= 0.3 is 5.97 Å². The van der Waals surface area contributed by atoms with Gasteiger partial charge in [-0.2, -0.15) is 0 Å². The van der Waals surface area contributed by atoms with Crippen LogP contribution in [-0.2, 0) is 19.1 Å². The second kappa shape index (κ2) is 10.6. The van der Waals surface area contributed by atoms with Crippen LogP contribution in [0.15, 0.2) is 18.2 Å². The van der Waals surface area contributed by atoms with Gasteiger partial charge in [-0.25, -0.2) is 4.79 Å². The lowest BCUT2D eigenvalue weighted by Crippen LogP contribution is -2.37. The number of carbonyl (C=O) groups is 3. The molecule has 0 spiro atoms. The zero-order valence-corrected chi connectivity index (χ0v) is 15.1. The minimum atomic E-state index is -0.725. The van der Waals surface area contributed by atoms with Crippen molar-refractivity contribution in [3.05, 3.63) is 23.8 Å². The van der Waals surface area contributed by atoms with Crippen LogP contribution in [0.2, 0.25) is 0 Å². The minimum absolute atomic E-state index is 0.189. The fraction of sp³-hybridized carbons (Fsp3) is 0.353. The SMILES string of the molecule is CNC(=O)CNC(=O)COC(=O)/C=C/c1cc(OC)c(OC)cc1OC. The molecule has 9 nitrogen and oxygen atoms in total. The highest BCUT2D eigenvalue weighted by Crippen LogP contribution is 2.35. The van der Waals surface area contributed by atoms with Gasteiger partial charge in [0.2, 0.25) is 5.91 Å². The highest BCUT2D eigenvalue weighted by atomic mass is 16.5. The molecular weight excluding hydrogens is 344 g/mol. The van der Waals surface area contributed by atoms with E-state index >= 15 is 0 Å². The van der Waals surface area contributed by atoms with E-state index in [0.29, 0.717) is 22.8 Å². The lowest BCUT2D eigenvalue weighted by molar-refractivity contribution is -0.143. The van der Waals surface area contributed by atoms with E-state index in [2.05, 4.69) is 10.6 Å². The first-order valence-corrected chi connectivity index (χ1v) is 7.57. The summed E-state index contributed by atoms with van der Waals surface area (Å²) in [6, 6.07) is 3.26. The smallest absolute Gasteiger partial charge is 0.331 e. The van der Waals surface area contributed by atoms with Crippen molar-refractivity contribution >= 4 is 23.9 Å². The number of amides is 2. The van der Waals surface area contributed by atoms with Crippen LogP contribution in [0, 0.1) is 0 Å². The Bertz CT molecular complexity index is 686. The standard InChI is InChI=1S/C17H22N2O7/c1-18-15(20)9-19-16(21)10-26-17(22)6-5-11-7-13(24-3)14(25-4)8-12(11)23-2/h5-8H,9-10H2,1-4H3,(H,18,20)(H,19,21)/b6-5+. The van der Waals surface area contributed by atoms with Crippen LogP contribution in [0.5, 0.6) is 17.2 Å². The maximum absolute atomic E-state index is 11.7. The maximum Gasteiger partial charge on any atom is 0.331 e. The Morgan fingerprint density at radius 1 is 0.962 bits per heavy atom. The quantitative estimate of drug-likeness (QED) is 0.472. The number of esters is 1. The van der Waals surface area contributed by atoms with Gasteiger partial charge < -0.3 is 29.6 Å². The van der Waals surface area contributed by atoms with Crippen molar-refractivity contribution in [2.45, 2.75) is 0 Å². The number of methoxy groups -OCH3 is 3. The van der Waals surface area contributed by atoms with Crippen LogP contribution >= 0.6 is 0 Å². The molecule has 0 atom stereocenters. The molecule has 0 aliphatic heterocycles. The summed E-state index contributed by atoms with van der Waals surface area (Å²) < 4.78 is 20.4. The van der Waals surface area contributed by atoms with Gasteiger partial charge in [-0.3, -0.25) is 9.59 Å². The largest absolute Gasteiger partial charge is 0.496 e. The molecule has 0 unspecified atom stereocenters. The monoisotopic (exact) mass is 366 g/mol. The Balaban J connectivity index is 2.67. The van der Waals surface area contributed by atoms with E-state index in [-0.39, 0.29) is 12.5 Å². The Morgan fingerprint density at radius 2 is 1.58 bits per heavy atom. The zero-order chi connectivity index (χ0) is 19.5. The van der Waals surface area contributed by atoms with Gasteiger partial charge in [0.15, 0.2) is 18.1 Å². The van der Waals surface area contributed by atoms with Crippen molar-refractivity contribution in [3.8, 4) is 17.2 Å². The average molecular weight is 366 g/mol. The van der Waals surface area contributed by atoms with Crippen molar-refractivity contribution in [1.29, 1.82) is 0 Å². The number of likely N-dealkylation sites (N-methyl/N-ethyl adjacent to an activating group) is 1. The summed E-state index contributed by atoms with van der Waals surface area (Å²) in [6.07, 6.45) is 2.61. The fourth-order valence-electron chi connectivity index (χ4n) is 1.84. The zero-order valence-electron chi connectivity index (χ0n) is 15.1. The molecular formula is C17H22N2O7. The molecule has 142 valence electrons. The molecule has 1 rings (SSSR count). The number of rotatable bonds is 9. The van der Waals surface area contributed by atoms with Gasteiger partial charge in [0, 0.05) is 24.8 Å². The molecule has 9 heteroatoms. The molecule has 1 aromatic carbocycles. The molecule has 1 aromatic rings. The van der Waals surface area contributed by atoms with Crippen LogP contribution in [0.4, 0.5) is 0 Å². The Kier molecular flexibility index (Phi) is 8.48. The van der Waals surface area contributed by atoms with Crippen LogP contribution in [-0.4, -0.2) is 59.3 Å². The van der Waals surface area contributed by atoms with E-state index < -0.39 is 18.5 Å². The lowest BCUT2D eigenvalue weighted by atomic mass is 10.1. The number of ether oxygens (including phenoxy) is 4. The van der Waals surface area contributed by atoms with E-state index in [0.717, 1.165) is 6.08 Å². The van der Waals surface area contributed by atoms with E-state index in [4.69, 9.17) is 18.9 Å². The van der Waals surface area contributed by atoms with Gasteiger partial charge in [0.25, 0.3) is 5.91 Å². The normalized spacial score (nSPS) is 10.2. The minimum Gasteiger partial charge on any atom is -0.496 e. The number of benzene rings is 1. The molecule has 0 fully saturated rings. The Morgan fingerprint density at radius 3 is 2.15 bits per heavy atom. The second-order valence-corrected chi connectivity index (χ2v) is 4.84. The predicted molar refractivity (Wildman–Crippen MR) is 93.2 cm³/mol. The number of carbonyl (C=O) groups excluding carboxylic acids is 3. The summed E-state index contributed by atoms with van der Waals surface area (Å²) in [7, 11) is 5.91. The molecule has 0 radical (unpaired) electrons. The van der Waals surface area contributed by atoms with E-state index in [1.807, 2.05) is 0 Å². The molecule has 0 heterocycles. The average Bonchev–Trinajstić information content (AvgIpc) is 2.67. The molecule has 0 saturated heterocycles. The van der Waals surface area contributed by atoms with Crippen molar-refractivity contribution in [2.75, 3.05) is 41.5 Å². The van der Waals surface area contributed by atoms with Gasteiger partial charge in [-0.05, 0) is 12.1 Å². The Hall–Kier alpha value is -3.23. The molecule has 2 N–H and O–H groups in total. The number of hydrogen-bond donors (Lipinski definition) is 2. The Labute approximate surface area is 151 Å². The van der Waals surface area contributed by atoms with Crippen LogP contribution in [0.3, 0.4) is 0 Å². The van der Waals surface area contributed by atoms with Gasteiger partial charge in [-0.15, -0.1) is 0 Å². The number of hydrogen-bond acceptors (Lipinski definition) is 7. The van der Waals surface area contributed by atoms with Gasteiger partial charge in [0.1, 0.15) is 5.75 Å². The molecule has 0 aromatic heterocycles. The lowest BCUT2D eigenvalue weighted by Gasteiger charge is -2.12. The van der Waals surface area contributed by atoms with Crippen molar-refractivity contribution < 1.29 is 33.3 Å². The van der Waals surface area contributed by atoms with E-state index in [1.54, 1.807) is 12.1 Å². The third-order valence-corrected chi connectivity index (χ3v) is 3.21. The first-order valence-electron chi connectivity index (χ1n) is 7.57. The van der Waals surface area contributed by atoms with Crippen molar-refractivity contribution in [2.24, 2.45) is 0 Å². The van der Waals surface area contributed by atoms with Crippen LogP contribution < -0.4 is 24.8 Å². The first kappa shape index (κ1) is 20.8. The predicted octanol–water partition coefficient (Wildman–Crippen LogP) is 0.131. The molecule has 0 saturated carbocycles. The molecule has 26 heavy (non-hydrogen) atoms. The van der Waals surface area contributed by atoms with E-state index in [1.165, 1.54) is 34.5 Å². The summed E-state index contributed by atoms with van der Waals surface area (Å²) in [4.78, 5) is 34.2. The maximum atomic E-state index is 11.7. The van der Waals surface area contributed by atoms with E-state index in [9.17, 15) is 14.4 Å². The summed E-state index contributed by atoms with van der Waals surface area (Å²) >= 11 is 0. The van der Waals surface area contributed by atoms with Gasteiger partial charge in [-0.1, -0.05) is 0 Å². The topological polar surface area (TPSA) is 112 Å².